The normalized spacial score (nSPS) is 23.2. The lowest BCUT2D eigenvalue weighted by atomic mass is 9.87. The van der Waals surface area contributed by atoms with Crippen molar-refractivity contribution in [2.24, 2.45) is 0 Å². The Bertz CT molecular complexity index is 505. The SMILES string of the molecule is CC1CCCCN1CCNC(=O)C1(n2cccn2)CCNCC1.Cl.Cl. The van der Waals surface area contributed by atoms with E-state index in [1.54, 1.807) is 6.20 Å². The first-order valence-corrected chi connectivity index (χ1v) is 8.95. The Balaban J connectivity index is 0.00000156. The topological polar surface area (TPSA) is 62.2 Å². The van der Waals surface area contributed by atoms with Crippen molar-refractivity contribution < 1.29 is 4.79 Å². The van der Waals surface area contributed by atoms with Crippen molar-refractivity contribution in [1.82, 2.24) is 25.3 Å². The molecule has 2 N–H and O–H groups in total. The molecule has 144 valence electrons. The summed E-state index contributed by atoms with van der Waals surface area (Å²) in [7, 11) is 0. The quantitative estimate of drug-likeness (QED) is 0.802. The van der Waals surface area contributed by atoms with Gasteiger partial charge in [-0.05, 0) is 58.3 Å². The number of hydrogen-bond acceptors (Lipinski definition) is 4. The zero-order valence-electron chi connectivity index (χ0n) is 14.9. The van der Waals surface area contributed by atoms with Crippen molar-refractivity contribution in [1.29, 1.82) is 0 Å². The van der Waals surface area contributed by atoms with Gasteiger partial charge in [0.05, 0.1) is 0 Å². The summed E-state index contributed by atoms with van der Waals surface area (Å²) in [4.78, 5) is 15.4. The summed E-state index contributed by atoms with van der Waals surface area (Å²) in [6, 6.07) is 2.53. The molecule has 1 atom stereocenters. The molecule has 2 aliphatic heterocycles. The van der Waals surface area contributed by atoms with Gasteiger partial charge in [-0.1, -0.05) is 6.42 Å². The Morgan fingerprint density at radius 3 is 2.72 bits per heavy atom. The third-order valence-electron chi connectivity index (χ3n) is 5.42. The highest BCUT2D eigenvalue weighted by molar-refractivity contribution is 5.85. The van der Waals surface area contributed by atoms with E-state index in [-0.39, 0.29) is 30.7 Å². The molecule has 0 saturated carbocycles. The highest BCUT2D eigenvalue weighted by Crippen LogP contribution is 2.27. The summed E-state index contributed by atoms with van der Waals surface area (Å²) in [6.07, 6.45) is 9.14. The fraction of sp³-hybridized carbons (Fsp3) is 0.765. The van der Waals surface area contributed by atoms with Crippen LogP contribution in [0.3, 0.4) is 0 Å². The number of carbonyl (C=O) groups is 1. The van der Waals surface area contributed by atoms with Crippen molar-refractivity contribution in [3.8, 4) is 0 Å². The third kappa shape index (κ3) is 5.09. The van der Waals surface area contributed by atoms with Crippen LogP contribution in [0.4, 0.5) is 0 Å². The lowest BCUT2D eigenvalue weighted by Gasteiger charge is -2.37. The number of carbonyl (C=O) groups excluding carboxylic acids is 1. The molecular weight excluding hydrogens is 361 g/mol. The van der Waals surface area contributed by atoms with Gasteiger partial charge in [0.15, 0.2) is 0 Å². The number of likely N-dealkylation sites (tertiary alicyclic amines) is 1. The Labute approximate surface area is 162 Å². The molecule has 1 unspecified atom stereocenters. The molecule has 25 heavy (non-hydrogen) atoms. The minimum Gasteiger partial charge on any atom is -0.353 e. The van der Waals surface area contributed by atoms with Gasteiger partial charge in [0.25, 0.3) is 0 Å². The molecular formula is C17H31Cl2N5O. The van der Waals surface area contributed by atoms with Crippen molar-refractivity contribution in [2.75, 3.05) is 32.7 Å². The number of piperidine rings is 2. The molecule has 0 spiro atoms. The predicted molar refractivity (Wildman–Crippen MR) is 105 cm³/mol. The van der Waals surface area contributed by atoms with Gasteiger partial charge in [-0.25, -0.2) is 0 Å². The van der Waals surface area contributed by atoms with Gasteiger partial charge in [-0.2, -0.15) is 5.10 Å². The second-order valence-electron chi connectivity index (χ2n) is 6.87. The average Bonchev–Trinajstić information content (AvgIpc) is 3.12. The van der Waals surface area contributed by atoms with Gasteiger partial charge in [0.2, 0.25) is 5.91 Å². The minimum absolute atomic E-state index is 0. The first-order valence-electron chi connectivity index (χ1n) is 8.95. The van der Waals surface area contributed by atoms with E-state index in [9.17, 15) is 4.79 Å². The number of aromatic nitrogens is 2. The van der Waals surface area contributed by atoms with Gasteiger partial charge in [-0.15, -0.1) is 24.8 Å². The number of halogens is 2. The van der Waals surface area contributed by atoms with E-state index in [1.807, 2.05) is 16.9 Å². The standard InChI is InChI=1S/C17H29N5O.2ClH/c1-15-5-2-3-12-21(15)14-11-19-16(23)17(6-9-18-10-7-17)22-13-4-8-20-22;;/h4,8,13,15,18H,2-3,5-7,9-12,14H2,1H3,(H,19,23);2*1H. The minimum atomic E-state index is -0.526. The largest absolute Gasteiger partial charge is 0.353 e. The maximum absolute atomic E-state index is 12.9. The number of amides is 1. The summed E-state index contributed by atoms with van der Waals surface area (Å²) in [5, 5.41) is 10.9. The number of nitrogens with zero attached hydrogens (tertiary/aromatic N) is 3. The highest BCUT2D eigenvalue weighted by atomic mass is 35.5. The van der Waals surface area contributed by atoms with Crippen LogP contribution < -0.4 is 10.6 Å². The van der Waals surface area contributed by atoms with E-state index in [4.69, 9.17) is 0 Å². The van der Waals surface area contributed by atoms with Crippen LogP contribution in [-0.4, -0.2) is 59.4 Å². The molecule has 2 fully saturated rings. The predicted octanol–water partition coefficient (Wildman–Crippen LogP) is 1.80. The third-order valence-corrected chi connectivity index (χ3v) is 5.42. The van der Waals surface area contributed by atoms with E-state index in [0.29, 0.717) is 6.04 Å². The van der Waals surface area contributed by atoms with E-state index in [1.165, 1.54) is 19.3 Å². The second-order valence-corrected chi connectivity index (χ2v) is 6.87. The Hall–Kier alpha value is -0.820. The average molecular weight is 392 g/mol. The van der Waals surface area contributed by atoms with Crippen LogP contribution in [0.2, 0.25) is 0 Å². The van der Waals surface area contributed by atoms with Crippen LogP contribution in [0, 0.1) is 0 Å². The van der Waals surface area contributed by atoms with Crippen molar-refractivity contribution in [3.63, 3.8) is 0 Å². The van der Waals surface area contributed by atoms with Crippen LogP contribution in [0.1, 0.15) is 39.0 Å². The van der Waals surface area contributed by atoms with E-state index in [2.05, 4.69) is 27.6 Å². The summed E-state index contributed by atoms with van der Waals surface area (Å²) in [5.41, 5.74) is -0.526. The van der Waals surface area contributed by atoms with Gasteiger partial charge >= 0.3 is 0 Å². The van der Waals surface area contributed by atoms with Crippen LogP contribution in [0.25, 0.3) is 0 Å². The van der Waals surface area contributed by atoms with E-state index in [0.717, 1.165) is 45.6 Å². The van der Waals surface area contributed by atoms with Crippen LogP contribution in [-0.2, 0) is 10.3 Å². The Morgan fingerprint density at radius 2 is 2.08 bits per heavy atom. The highest BCUT2D eigenvalue weighted by Gasteiger charge is 2.41. The smallest absolute Gasteiger partial charge is 0.248 e. The molecule has 3 heterocycles. The fourth-order valence-electron chi connectivity index (χ4n) is 3.89. The van der Waals surface area contributed by atoms with Crippen molar-refractivity contribution in [3.05, 3.63) is 18.5 Å². The number of rotatable bonds is 5. The van der Waals surface area contributed by atoms with Crippen molar-refractivity contribution in [2.45, 2.75) is 50.6 Å². The first-order chi connectivity index (χ1) is 11.2. The van der Waals surface area contributed by atoms with E-state index >= 15 is 0 Å². The maximum atomic E-state index is 12.9. The van der Waals surface area contributed by atoms with Crippen LogP contribution in [0.15, 0.2) is 18.5 Å². The molecule has 0 radical (unpaired) electrons. The van der Waals surface area contributed by atoms with E-state index < -0.39 is 5.54 Å². The fourth-order valence-corrected chi connectivity index (χ4v) is 3.89. The van der Waals surface area contributed by atoms with Gasteiger partial charge in [0.1, 0.15) is 5.54 Å². The molecule has 0 bridgehead atoms. The van der Waals surface area contributed by atoms with Gasteiger partial charge < -0.3 is 10.6 Å². The molecule has 2 saturated heterocycles. The maximum Gasteiger partial charge on any atom is 0.248 e. The molecule has 0 aromatic carbocycles. The lowest BCUT2D eigenvalue weighted by molar-refractivity contribution is -0.132. The lowest BCUT2D eigenvalue weighted by Crippen LogP contribution is -2.55. The van der Waals surface area contributed by atoms with Gasteiger partial charge in [0, 0.05) is 31.5 Å². The monoisotopic (exact) mass is 391 g/mol. The van der Waals surface area contributed by atoms with Crippen LogP contribution >= 0.6 is 24.8 Å². The Morgan fingerprint density at radius 1 is 1.32 bits per heavy atom. The Kier molecular flexibility index (Phi) is 9.21. The second kappa shape index (κ2) is 10.4. The summed E-state index contributed by atoms with van der Waals surface area (Å²) in [5.74, 6) is 0.118. The molecule has 2 aliphatic rings. The zero-order chi connectivity index (χ0) is 16.1. The van der Waals surface area contributed by atoms with Crippen LogP contribution in [0.5, 0.6) is 0 Å². The number of nitrogens with one attached hydrogen (secondary N) is 2. The molecule has 1 amide bonds. The summed E-state index contributed by atoms with van der Waals surface area (Å²) in [6.45, 7) is 6.83. The summed E-state index contributed by atoms with van der Waals surface area (Å²) < 4.78 is 1.85. The van der Waals surface area contributed by atoms with Crippen molar-refractivity contribution >= 4 is 30.7 Å². The molecule has 8 heteroatoms. The molecule has 1 aromatic heterocycles. The zero-order valence-corrected chi connectivity index (χ0v) is 16.6. The molecule has 6 nitrogen and oxygen atoms in total. The molecule has 1 aromatic rings. The molecule has 3 rings (SSSR count). The number of hydrogen-bond donors (Lipinski definition) is 2. The van der Waals surface area contributed by atoms with Gasteiger partial charge in [-0.3, -0.25) is 14.4 Å². The molecule has 0 aliphatic carbocycles. The first kappa shape index (κ1) is 22.2. The summed E-state index contributed by atoms with van der Waals surface area (Å²) >= 11 is 0.